The number of aliphatic hydroxyl groups is 14. The highest BCUT2D eigenvalue weighted by molar-refractivity contribution is 8.13. The Morgan fingerprint density at radius 3 is 0.812 bits per heavy atom. The standard InChI is InChI=1S/2C8H18NO4P.2C8H18NO3PS.2C8H17O5P.2C8H17O4PS/c1-5-7(9)6(13-8(5)10)4-12-14(2,3)11;1-5-7(9-14(2,3)12)6(4-10)13-8(5)11;1-5-7(9)6(12-8(5)10)4-11-13(2,3)14;1-5-7(9-13(2,3)14)6(4-10)12-8(5)11;1-5-7(9)6(13-8(5)10)4-12-14(2,3)11;1-5-7(13-14(2,3)11)6(4-9)12-8(5)10;1-5-7(9)6(12-8(5)10)4-11-13(2,3)14;1-5-7(12-13(2,3)14)6(4-9)11-8(5)10/h5-8,10H,4,9H2,1-3H3;5-8,10-11H,4H2,1-3H3,(H,9,12);5-8,10H,4,9H2,1-3H3;5-8,10-11H,4H2,1-3H3,(H,9,14);4*5-10H,4H2,1-3H3/t8*5-,6+,7?,8+/m00000000/s1. The molecule has 8 aliphatic rings. The number of rotatable bonds is 24. The summed E-state index contributed by atoms with van der Waals surface area (Å²) in [5, 5.41) is 136. The number of ether oxygens (including phenoxy) is 8. The van der Waals surface area contributed by atoms with E-state index in [4.69, 9.17) is 144 Å². The van der Waals surface area contributed by atoms with Gasteiger partial charge in [-0.1, -0.05) is 103 Å². The van der Waals surface area contributed by atoms with Crippen LogP contribution in [0.1, 0.15) is 55.4 Å². The first-order valence-corrected chi connectivity index (χ1v) is 61.2. The van der Waals surface area contributed by atoms with Crippen LogP contribution in [0.15, 0.2) is 0 Å². The first-order valence-electron chi connectivity index (χ1n) is 36.5. The average molecular weight is 1850 g/mol. The van der Waals surface area contributed by atoms with Crippen molar-refractivity contribution >= 4 is 102 Å². The van der Waals surface area contributed by atoms with Crippen LogP contribution in [0.5, 0.6) is 0 Å². The minimum atomic E-state index is -2.63. The maximum Gasteiger partial charge on any atom is 0.197 e. The highest BCUT2D eigenvalue weighted by atomic mass is 32.5. The fourth-order valence-corrected chi connectivity index (χ4v) is 18.5. The van der Waals surface area contributed by atoms with E-state index in [0.717, 1.165) is 0 Å². The highest BCUT2D eigenvalue weighted by Gasteiger charge is 2.48. The van der Waals surface area contributed by atoms with Crippen molar-refractivity contribution in [1.29, 1.82) is 0 Å². The Kier molecular flexibility index (Phi) is 49.3. The molecule has 0 spiro atoms. The Hall–Kier alpha value is 2.24. The van der Waals surface area contributed by atoms with Gasteiger partial charge in [0.05, 0.1) is 114 Å². The summed E-state index contributed by atoms with van der Waals surface area (Å²) in [6.07, 6.45) is -19.5. The first-order chi connectivity index (χ1) is 50.6. The molecule has 0 aromatic heterocycles. The highest BCUT2D eigenvalue weighted by Crippen LogP contribution is 2.48. The third-order valence-corrected chi connectivity index (χ3v) is 25.9. The summed E-state index contributed by atoms with van der Waals surface area (Å²) in [6, 6.07) is -0.741. The molecule has 0 aromatic rings. The molecule has 672 valence electrons. The maximum atomic E-state index is 11.6. The molecule has 0 amide bonds. The molecule has 0 aromatic carbocycles. The van der Waals surface area contributed by atoms with Gasteiger partial charge in [-0.3, -0.25) is 23.9 Å². The molecular weight excluding hydrogens is 1710 g/mol. The van der Waals surface area contributed by atoms with Crippen LogP contribution in [-0.4, -0.2) is 379 Å². The molecule has 0 aliphatic carbocycles. The zero-order valence-corrected chi connectivity index (χ0v) is 79.5. The summed E-state index contributed by atoms with van der Waals surface area (Å²) < 4.78 is 119. The molecule has 8 saturated heterocycles. The van der Waals surface area contributed by atoms with Gasteiger partial charge in [0, 0.05) is 131 Å². The van der Waals surface area contributed by atoms with Crippen LogP contribution in [0.25, 0.3) is 0 Å². The van der Waals surface area contributed by atoms with Crippen molar-refractivity contribution in [2.75, 3.05) is 159 Å². The van der Waals surface area contributed by atoms with Gasteiger partial charge >= 0.3 is 0 Å². The molecule has 8 heterocycles. The van der Waals surface area contributed by atoms with Gasteiger partial charge in [0.2, 0.25) is 0 Å². The van der Waals surface area contributed by atoms with Crippen LogP contribution >= 0.6 is 54.4 Å². The summed E-state index contributed by atoms with van der Waals surface area (Å²) in [5.74, 6) is -1.39. The lowest BCUT2D eigenvalue weighted by Crippen LogP contribution is -2.40. The molecule has 8 rings (SSSR count). The number of aliphatic hydroxyl groups excluding tert-OH is 14. The average Bonchev–Trinajstić information content (AvgIpc) is 1.69. The lowest BCUT2D eigenvalue weighted by atomic mass is 10.0. The summed E-state index contributed by atoms with van der Waals surface area (Å²) in [5.41, 5.74) is 11.6. The molecule has 32 atom stereocenters. The maximum absolute atomic E-state index is 11.6. The van der Waals surface area contributed by atoms with E-state index < -0.39 is 154 Å². The van der Waals surface area contributed by atoms with Gasteiger partial charge in [-0.05, 0) is 53.3 Å². The summed E-state index contributed by atoms with van der Waals surface area (Å²) in [6.45, 7) is 42.1. The lowest BCUT2D eigenvalue weighted by molar-refractivity contribution is -0.116. The van der Waals surface area contributed by atoms with E-state index in [1.165, 1.54) is 40.0 Å². The van der Waals surface area contributed by atoms with E-state index in [2.05, 4.69) is 10.2 Å². The van der Waals surface area contributed by atoms with Gasteiger partial charge in [0.15, 0.2) is 72.4 Å². The second-order valence-electron chi connectivity index (χ2n) is 32.1. The summed E-state index contributed by atoms with van der Waals surface area (Å²) >= 11 is 20.7. The van der Waals surface area contributed by atoms with Crippen LogP contribution in [0.3, 0.4) is 0 Å². The Morgan fingerprint density at radius 1 is 0.312 bits per heavy atom. The van der Waals surface area contributed by atoms with Gasteiger partial charge in [-0.2, -0.15) is 0 Å². The normalized spacial score (nSPS) is 38.9. The third-order valence-electron chi connectivity index (χ3n) is 18.3. The molecule has 0 bridgehead atoms. The van der Waals surface area contributed by atoms with Crippen molar-refractivity contribution in [2.45, 2.75) is 203 Å². The molecule has 48 heteroatoms. The molecule has 8 aliphatic heterocycles. The van der Waals surface area contributed by atoms with E-state index in [1.54, 1.807) is 41.0 Å². The second kappa shape index (κ2) is 49.2. The van der Waals surface area contributed by atoms with Gasteiger partial charge < -0.3 is 153 Å². The first kappa shape index (κ1) is 112. The fraction of sp³-hybridized carbons (Fsp3) is 1.00. The van der Waals surface area contributed by atoms with Gasteiger partial charge in [-0.25, -0.2) is 0 Å². The molecule has 0 radical (unpaired) electrons. The minimum Gasteiger partial charge on any atom is -0.394 e. The van der Waals surface area contributed by atoms with Crippen molar-refractivity contribution in [2.24, 2.45) is 58.8 Å². The van der Waals surface area contributed by atoms with E-state index in [-0.39, 0.29) is 142 Å². The zero-order valence-electron chi connectivity index (χ0n) is 69.1. The smallest absolute Gasteiger partial charge is 0.197 e. The summed E-state index contributed by atoms with van der Waals surface area (Å²) in [7, 11) is -10.1. The zero-order chi connectivity index (χ0) is 87.4. The van der Waals surface area contributed by atoms with Gasteiger partial charge in [-0.15, -0.1) is 0 Å². The number of nitrogens with two attached hydrogens (primary N) is 2. The summed E-state index contributed by atoms with van der Waals surface area (Å²) in [4.78, 5) is 0. The molecule has 8 unspecified atom stereocenters. The predicted octanol–water partition coefficient (Wildman–Crippen LogP) is 1.58. The topological polar surface area (TPSA) is 557 Å². The molecule has 0 saturated carbocycles. The molecular formula is C64H140N4O32P8S4. The second-order valence-corrected chi connectivity index (χ2v) is 65.2. The fourth-order valence-electron chi connectivity index (χ4n) is 11.4. The minimum absolute atomic E-state index is 0.0330. The van der Waals surface area contributed by atoms with E-state index in [0.29, 0.717) is 6.61 Å². The van der Waals surface area contributed by atoms with E-state index in [9.17, 15) is 69.3 Å². The van der Waals surface area contributed by atoms with Crippen molar-refractivity contribution in [3.63, 3.8) is 0 Å². The molecule has 8 fully saturated rings. The lowest BCUT2D eigenvalue weighted by Gasteiger charge is -2.25. The van der Waals surface area contributed by atoms with Crippen molar-refractivity contribution < 1.29 is 155 Å². The van der Waals surface area contributed by atoms with E-state index in [1.807, 2.05) is 81.0 Å². The van der Waals surface area contributed by atoms with E-state index >= 15 is 0 Å². The van der Waals surface area contributed by atoms with Crippen LogP contribution in [0.2, 0.25) is 0 Å². The number of hydrogen-bond donors (Lipinski definition) is 18. The van der Waals surface area contributed by atoms with Gasteiger partial charge in [0.1, 0.15) is 37.8 Å². The van der Waals surface area contributed by atoms with Crippen LogP contribution < -0.4 is 21.6 Å². The quantitative estimate of drug-likeness (QED) is 0.0610. The van der Waals surface area contributed by atoms with Crippen LogP contribution in [0, 0.1) is 47.3 Å². The van der Waals surface area contributed by atoms with Crippen LogP contribution in [0.4, 0.5) is 0 Å². The van der Waals surface area contributed by atoms with Crippen molar-refractivity contribution in [3.8, 4) is 0 Å². The van der Waals surface area contributed by atoms with Crippen LogP contribution in [-0.2, 0) is 131 Å². The Bertz CT molecular complexity index is 2740. The predicted molar refractivity (Wildman–Crippen MR) is 446 cm³/mol. The third kappa shape index (κ3) is 41.8. The van der Waals surface area contributed by atoms with Gasteiger partial charge in [0.25, 0.3) is 0 Å². The molecule has 20 N–H and O–H groups in total. The largest absolute Gasteiger partial charge is 0.394 e. The molecule has 112 heavy (non-hydrogen) atoms. The van der Waals surface area contributed by atoms with Crippen molar-refractivity contribution in [3.05, 3.63) is 0 Å². The Balaban J connectivity index is 0.000000640. The van der Waals surface area contributed by atoms with Crippen molar-refractivity contribution in [1.82, 2.24) is 10.2 Å². The number of hydrogen-bond acceptors (Lipinski definition) is 38. The number of nitrogens with one attached hydrogen (secondary N) is 2. The monoisotopic (exact) mass is 1850 g/mol. The SMILES string of the molecule is C[C@H]1C(N)[C@@H](COP(C)(C)=O)O[C@H]1O.C[C@H]1C(N)[C@@H](COP(C)(C)=S)O[C@H]1O.C[C@H]1C(NP(C)(C)=O)[C@@H](CO)O[C@H]1O.C[C@H]1C(NP(C)(C)=S)[C@@H](CO)O[C@H]1O.C[C@H]1C(O)[C@@H](COP(C)(C)=O)O[C@H]1O.C[C@H]1C(O)[C@@H](COP(C)(C)=S)O[C@H]1O.C[C@H]1C(OP(C)(C)=O)[C@@H](CO)O[C@H]1O.C[C@H]1C(OP(C)(C)=S)[C@@H](CO)O[C@H]1O. The Morgan fingerprint density at radius 2 is 0.562 bits per heavy atom. The molecule has 36 nitrogen and oxygen atoms in total. The Labute approximate surface area is 683 Å².